The van der Waals surface area contributed by atoms with Crippen LogP contribution in [-0.2, 0) is 0 Å². The number of hydrogen-bond donors (Lipinski definition) is 2. The Morgan fingerprint density at radius 1 is 1.12 bits per heavy atom. The number of carboxylic acid groups (broad SMARTS) is 1. The number of aromatic amines is 1. The number of nitrogens with zero attached hydrogens (tertiary/aromatic N) is 1. The summed E-state index contributed by atoms with van der Waals surface area (Å²) in [5.41, 5.74) is 1.23. The molecule has 2 N–H and O–H groups in total. The van der Waals surface area contributed by atoms with Gasteiger partial charge < -0.3 is 5.11 Å². The Labute approximate surface area is 90.5 Å². The molecule has 16 heavy (non-hydrogen) atoms. The predicted octanol–water partition coefficient (Wildman–Crippen LogP) is 2.41. The van der Waals surface area contributed by atoms with E-state index < -0.39 is 5.97 Å². The second-order valence-electron chi connectivity index (χ2n) is 3.60. The molecule has 4 nitrogen and oxygen atoms in total. The predicted molar refractivity (Wildman–Crippen MR) is 60.6 cm³/mol. The van der Waals surface area contributed by atoms with Gasteiger partial charge in [0.25, 0.3) is 0 Å². The van der Waals surface area contributed by atoms with Crippen LogP contribution in [0.25, 0.3) is 21.7 Å². The zero-order valence-electron chi connectivity index (χ0n) is 8.27. The third-order valence-corrected chi connectivity index (χ3v) is 2.71. The van der Waals surface area contributed by atoms with Crippen molar-refractivity contribution in [2.24, 2.45) is 0 Å². The third-order valence-electron chi connectivity index (χ3n) is 2.71. The maximum absolute atomic E-state index is 11.1. The van der Waals surface area contributed by atoms with Gasteiger partial charge >= 0.3 is 5.97 Å². The summed E-state index contributed by atoms with van der Waals surface area (Å²) in [5, 5.41) is 18.5. The minimum atomic E-state index is -0.909. The van der Waals surface area contributed by atoms with Crippen molar-refractivity contribution in [1.29, 1.82) is 0 Å². The number of hydrogen-bond acceptors (Lipinski definition) is 2. The molecule has 0 amide bonds. The van der Waals surface area contributed by atoms with Gasteiger partial charge in [-0.1, -0.05) is 18.2 Å². The van der Waals surface area contributed by atoms with Gasteiger partial charge in [-0.25, -0.2) is 4.79 Å². The molecule has 0 aliphatic rings. The van der Waals surface area contributed by atoms with Gasteiger partial charge in [0.1, 0.15) is 0 Å². The maximum Gasteiger partial charge on any atom is 0.336 e. The van der Waals surface area contributed by atoms with E-state index in [1.54, 1.807) is 24.4 Å². The van der Waals surface area contributed by atoms with Crippen LogP contribution in [0.15, 0.2) is 36.5 Å². The summed E-state index contributed by atoms with van der Waals surface area (Å²) >= 11 is 0. The fraction of sp³-hybridized carbons (Fsp3) is 0. The quantitative estimate of drug-likeness (QED) is 0.651. The van der Waals surface area contributed by atoms with Crippen LogP contribution in [-0.4, -0.2) is 21.3 Å². The second-order valence-corrected chi connectivity index (χ2v) is 3.60. The van der Waals surface area contributed by atoms with Crippen LogP contribution < -0.4 is 0 Å². The van der Waals surface area contributed by atoms with Crippen LogP contribution in [0.2, 0.25) is 0 Å². The van der Waals surface area contributed by atoms with E-state index in [1.807, 2.05) is 12.1 Å². The SMILES string of the molecule is O=C(O)c1cccc2c1ccc1[nH]ncc12. The number of aromatic nitrogens is 2. The topological polar surface area (TPSA) is 66.0 Å². The second kappa shape index (κ2) is 3.06. The van der Waals surface area contributed by atoms with Crippen LogP contribution in [0, 0.1) is 0 Å². The molecule has 0 spiro atoms. The molecule has 0 atom stereocenters. The summed E-state index contributed by atoms with van der Waals surface area (Å²) in [6.07, 6.45) is 1.71. The lowest BCUT2D eigenvalue weighted by Crippen LogP contribution is -1.96. The fourth-order valence-corrected chi connectivity index (χ4v) is 1.97. The highest BCUT2D eigenvalue weighted by molar-refractivity contribution is 6.12. The minimum Gasteiger partial charge on any atom is -0.478 e. The molecule has 0 fully saturated rings. The molecule has 1 heterocycles. The summed E-state index contributed by atoms with van der Waals surface area (Å²) in [7, 11) is 0. The Hall–Kier alpha value is -2.36. The zero-order valence-corrected chi connectivity index (χ0v) is 8.27. The normalized spacial score (nSPS) is 11.0. The largest absolute Gasteiger partial charge is 0.478 e. The molecular formula is C12H8N2O2. The number of aromatic carboxylic acids is 1. The van der Waals surface area contributed by atoms with Gasteiger partial charge in [0.15, 0.2) is 0 Å². The lowest BCUT2D eigenvalue weighted by molar-refractivity contribution is 0.0699. The Morgan fingerprint density at radius 3 is 2.81 bits per heavy atom. The standard InChI is InChI=1S/C12H8N2O2/c15-12(16)9-3-1-2-7-8(9)4-5-11-10(7)6-13-14-11/h1-6H,(H,13,14)(H,15,16). The van der Waals surface area contributed by atoms with E-state index in [1.165, 1.54) is 0 Å². The molecule has 0 bridgehead atoms. The Bertz CT molecular complexity index is 700. The first-order chi connectivity index (χ1) is 7.77. The molecule has 0 aliphatic heterocycles. The summed E-state index contributed by atoms with van der Waals surface area (Å²) in [6, 6.07) is 8.91. The van der Waals surface area contributed by atoms with Crippen LogP contribution in [0.3, 0.4) is 0 Å². The summed E-state index contributed by atoms with van der Waals surface area (Å²) in [4.78, 5) is 11.1. The lowest BCUT2D eigenvalue weighted by Gasteiger charge is -2.02. The van der Waals surface area contributed by atoms with Crippen molar-refractivity contribution in [1.82, 2.24) is 10.2 Å². The van der Waals surface area contributed by atoms with Crippen molar-refractivity contribution in [3.8, 4) is 0 Å². The Kier molecular flexibility index (Phi) is 1.71. The Balaban J connectivity index is 2.53. The number of nitrogens with one attached hydrogen (secondary N) is 1. The van der Waals surface area contributed by atoms with Crippen LogP contribution >= 0.6 is 0 Å². The fourth-order valence-electron chi connectivity index (χ4n) is 1.97. The third kappa shape index (κ3) is 1.10. The molecule has 1 aromatic heterocycles. The van der Waals surface area contributed by atoms with Gasteiger partial charge in [-0.2, -0.15) is 5.10 Å². The number of fused-ring (bicyclic) bond motifs is 3. The van der Waals surface area contributed by atoms with Gasteiger partial charge in [-0.3, -0.25) is 5.10 Å². The molecule has 0 unspecified atom stereocenters. The molecule has 0 radical (unpaired) electrons. The molecule has 4 heteroatoms. The highest BCUT2D eigenvalue weighted by atomic mass is 16.4. The van der Waals surface area contributed by atoms with Crippen LogP contribution in [0.4, 0.5) is 0 Å². The summed E-state index contributed by atoms with van der Waals surface area (Å²) in [6.45, 7) is 0. The monoisotopic (exact) mass is 212 g/mol. The lowest BCUT2D eigenvalue weighted by atomic mass is 10.0. The molecule has 2 aromatic carbocycles. The van der Waals surface area contributed by atoms with Crippen molar-refractivity contribution in [3.63, 3.8) is 0 Å². The van der Waals surface area contributed by atoms with E-state index in [9.17, 15) is 4.79 Å². The van der Waals surface area contributed by atoms with Crippen LogP contribution in [0.5, 0.6) is 0 Å². The average molecular weight is 212 g/mol. The number of benzene rings is 2. The van der Waals surface area contributed by atoms with Crippen molar-refractivity contribution >= 4 is 27.6 Å². The summed E-state index contributed by atoms with van der Waals surface area (Å²) in [5.74, 6) is -0.909. The van der Waals surface area contributed by atoms with E-state index in [4.69, 9.17) is 5.11 Å². The highest BCUT2D eigenvalue weighted by Crippen LogP contribution is 2.26. The molecule has 0 aliphatic carbocycles. The maximum atomic E-state index is 11.1. The van der Waals surface area contributed by atoms with Crippen molar-refractivity contribution in [2.45, 2.75) is 0 Å². The van der Waals surface area contributed by atoms with E-state index in [0.717, 1.165) is 21.7 Å². The number of rotatable bonds is 1. The first kappa shape index (κ1) is 8.91. The van der Waals surface area contributed by atoms with E-state index in [-0.39, 0.29) is 0 Å². The molecular weight excluding hydrogens is 204 g/mol. The van der Waals surface area contributed by atoms with Crippen molar-refractivity contribution in [2.75, 3.05) is 0 Å². The van der Waals surface area contributed by atoms with E-state index in [2.05, 4.69) is 10.2 Å². The van der Waals surface area contributed by atoms with Crippen molar-refractivity contribution in [3.05, 3.63) is 42.1 Å². The summed E-state index contributed by atoms with van der Waals surface area (Å²) < 4.78 is 0. The molecule has 0 saturated carbocycles. The molecule has 3 aromatic rings. The van der Waals surface area contributed by atoms with Gasteiger partial charge in [0.05, 0.1) is 17.3 Å². The smallest absolute Gasteiger partial charge is 0.336 e. The number of carboxylic acids is 1. The van der Waals surface area contributed by atoms with Crippen LogP contribution in [0.1, 0.15) is 10.4 Å². The number of H-pyrrole nitrogens is 1. The van der Waals surface area contributed by atoms with Gasteiger partial charge in [0.2, 0.25) is 0 Å². The average Bonchev–Trinajstić information content (AvgIpc) is 2.76. The van der Waals surface area contributed by atoms with E-state index >= 15 is 0 Å². The first-order valence-corrected chi connectivity index (χ1v) is 4.85. The van der Waals surface area contributed by atoms with Gasteiger partial charge in [-0.15, -0.1) is 0 Å². The first-order valence-electron chi connectivity index (χ1n) is 4.85. The van der Waals surface area contributed by atoms with Crippen molar-refractivity contribution < 1.29 is 9.90 Å². The van der Waals surface area contributed by atoms with Gasteiger partial charge in [-0.05, 0) is 22.9 Å². The molecule has 3 rings (SSSR count). The minimum absolute atomic E-state index is 0.320. The molecule has 0 saturated heterocycles. The Morgan fingerprint density at radius 2 is 2.00 bits per heavy atom. The molecule has 78 valence electrons. The van der Waals surface area contributed by atoms with E-state index in [0.29, 0.717) is 5.56 Å². The zero-order chi connectivity index (χ0) is 11.1. The van der Waals surface area contributed by atoms with Gasteiger partial charge in [0, 0.05) is 5.39 Å². The highest BCUT2D eigenvalue weighted by Gasteiger charge is 2.09. The number of carbonyl (C=O) groups is 1.